The lowest BCUT2D eigenvalue weighted by Gasteiger charge is -2.10. The molecule has 1 N–H and O–H groups in total. The van der Waals surface area contributed by atoms with E-state index in [0.717, 1.165) is 22.9 Å². The summed E-state index contributed by atoms with van der Waals surface area (Å²) >= 11 is 5.98. The van der Waals surface area contributed by atoms with Crippen molar-refractivity contribution in [1.29, 1.82) is 0 Å². The number of halogens is 2. The van der Waals surface area contributed by atoms with Crippen molar-refractivity contribution in [3.8, 4) is 5.75 Å². The lowest BCUT2D eigenvalue weighted by Crippen LogP contribution is -3.00. The molecule has 1 aromatic carbocycles. The summed E-state index contributed by atoms with van der Waals surface area (Å²) in [5.74, 6) is 0.849. The zero-order chi connectivity index (χ0) is 12.8. The van der Waals surface area contributed by atoms with Crippen LogP contribution in [-0.4, -0.2) is 12.1 Å². The first kappa shape index (κ1) is 15.8. The molecule has 2 rings (SSSR count). The molecule has 0 amide bonds. The lowest BCUT2D eigenvalue weighted by molar-refractivity contribution is -0.00000394. The Bertz CT molecular complexity index is 506. The van der Waals surface area contributed by atoms with Gasteiger partial charge in [-0.05, 0) is 35.9 Å². The van der Waals surface area contributed by atoms with Crippen LogP contribution in [0.2, 0.25) is 5.02 Å². The van der Waals surface area contributed by atoms with Crippen LogP contribution in [0.5, 0.6) is 5.75 Å². The fraction of sp³-hybridized carbons (Fsp3) is 0.214. The predicted octanol–water partition coefficient (Wildman–Crippen LogP) is 0.0374. The quantitative estimate of drug-likeness (QED) is 0.846. The Balaban J connectivity index is 0.00000180. The molecule has 0 saturated heterocycles. The van der Waals surface area contributed by atoms with Gasteiger partial charge in [-0.3, -0.25) is 4.98 Å². The van der Waals surface area contributed by atoms with Crippen LogP contribution in [0.4, 0.5) is 0 Å². The van der Waals surface area contributed by atoms with Gasteiger partial charge in [-0.2, -0.15) is 0 Å². The summed E-state index contributed by atoms with van der Waals surface area (Å²) < 4.78 is 5.29. The Kier molecular flexibility index (Phi) is 6.64. The Labute approximate surface area is 124 Å². The van der Waals surface area contributed by atoms with Crippen LogP contribution in [0.1, 0.15) is 11.1 Å². The topological polar surface area (TPSA) is 34.1 Å². The average molecular weight is 298 g/mol. The third-order valence-corrected chi connectivity index (χ3v) is 2.87. The number of benzene rings is 1. The van der Waals surface area contributed by atoms with E-state index in [-0.39, 0.29) is 12.4 Å². The van der Waals surface area contributed by atoms with E-state index >= 15 is 0 Å². The number of aromatic nitrogens is 1. The van der Waals surface area contributed by atoms with Crippen LogP contribution in [0.3, 0.4) is 0 Å². The van der Waals surface area contributed by atoms with Gasteiger partial charge in [0.05, 0.1) is 7.11 Å². The molecule has 0 radical (unpaired) electrons. The van der Waals surface area contributed by atoms with Gasteiger partial charge in [-0.25, -0.2) is 0 Å². The van der Waals surface area contributed by atoms with Gasteiger partial charge < -0.3 is 22.5 Å². The largest absolute Gasteiger partial charge is 1.00 e. The van der Waals surface area contributed by atoms with Crippen LogP contribution in [-0.2, 0) is 13.1 Å². The minimum Gasteiger partial charge on any atom is -1.00 e. The maximum atomic E-state index is 5.98. The van der Waals surface area contributed by atoms with Gasteiger partial charge in [0.1, 0.15) is 5.75 Å². The number of ether oxygens (including phenoxy) is 1. The molecule has 0 bridgehead atoms. The molecular formula is C14H15Cl2N2O-. The van der Waals surface area contributed by atoms with Crippen molar-refractivity contribution in [2.45, 2.75) is 13.1 Å². The summed E-state index contributed by atoms with van der Waals surface area (Å²) in [4.78, 5) is 3.99. The maximum Gasteiger partial charge on any atom is 0.123 e. The maximum absolute atomic E-state index is 5.98. The molecule has 102 valence electrons. The van der Waals surface area contributed by atoms with Gasteiger partial charge >= 0.3 is 0 Å². The van der Waals surface area contributed by atoms with Gasteiger partial charge in [-0.15, -0.1) is 0 Å². The van der Waals surface area contributed by atoms with Crippen LogP contribution in [0, 0.1) is 0 Å². The summed E-state index contributed by atoms with van der Waals surface area (Å²) in [5.41, 5.74) is 2.25. The van der Waals surface area contributed by atoms with Crippen molar-refractivity contribution in [1.82, 2.24) is 10.3 Å². The van der Waals surface area contributed by atoms with Gasteiger partial charge in [0.2, 0.25) is 0 Å². The molecule has 1 aromatic heterocycles. The van der Waals surface area contributed by atoms with Gasteiger partial charge in [0.25, 0.3) is 0 Å². The molecular weight excluding hydrogens is 283 g/mol. The Morgan fingerprint density at radius 2 is 1.89 bits per heavy atom. The minimum atomic E-state index is 0. The number of rotatable bonds is 5. The van der Waals surface area contributed by atoms with Crippen molar-refractivity contribution in [2.75, 3.05) is 7.11 Å². The Morgan fingerprint density at radius 3 is 2.58 bits per heavy atom. The molecule has 3 nitrogen and oxygen atoms in total. The standard InChI is InChI=1S/C14H15ClN2O.ClH/c1-18-14-3-2-13(15)8-12(14)10-17-9-11-4-6-16-7-5-11;/h2-8,17H,9-10H2,1H3;1H/p-1. The second-order valence-electron chi connectivity index (χ2n) is 3.92. The van der Waals surface area contributed by atoms with Gasteiger partial charge in [0.15, 0.2) is 0 Å². The second-order valence-corrected chi connectivity index (χ2v) is 4.35. The molecule has 5 heteroatoms. The number of methoxy groups -OCH3 is 1. The summed E-state index contributed by atoms with van der Waals surface area (Å²) in [7, 11) is 1.66. The summed E-state index contributed by atoms with van der Waals surface area (Å²) in [5, 5.41) is 4.07. The number of hydrogen-bond acceptors (Lipinski definition) is 3. The number of nitrogens with one attached hydrogen (secondary N) is 1. The first-order valence-corrected chi connectivity index (χ1v) is 6.09. The van der Waals surface area contributed by atoms with Crippen molar-refractivity contribution in [2.24, 2.45) is 0 Å². The van der Waals surface area contributed by atoms with E-state index in [1.54, 1.807) is 19.5 Å². The predicted molar refractivity (Wildman–Crippen MR) is 72.8 cm³/mol. The third kappa shape index (κ3) is 4.71. The lowest BCUT2D eigenvalue weighted by atomic mass is 10.2. The smallest absolute Gasteiger partial charge is 0.123 e. The molecule has 2 aromatic rings. The minimum absolute atomic E-state index is 0. The summed E-state index contributed by atoms with van der Waals surface area (Å²) in [6.45, 7) is 1.50. The van der Waals surface area contributed by atoms with E-state index in [0.29, 0.717) is 6.54 Å². The molecule has 19 heavy (non-hydrogen) atoms. The fourth-order valence-electron chi connectivity index (χ4n) is 1.73. The van der Waals surface area contributed by atoms with E-state index in [1.807, 2.05) is 30.3 Å². The van der Waals surface area contributed by atoms with Gasteiger partial charge in [-0.1, -0.05) is 11.6 Å². The molecule has 1 heterocycles. The van der Waals surface area contributed by atoms with E-state index in [1.165, 1.54) is 5.56 Å². The molecule has 0 saturated carbocycles. The zero-order valence-corrected chi connectivity index (χ0v) is 12.1. The first-order chi connectivity index (χ1) is 8.79. The first-order valence-electron chi connectivity index (χ1n) is 5.71. The van der Waals surface area contributed by atoms with Crippen LogP contribution in [0.15, 0.2) is 42.7 Å². The number of pyridine rings is 1. The molecule has 0 aliphatic carbocycles. The molecule has 0 fully saturated rings. The van der Waals surface area contributed by atoms with Gasteiger partial charge in [0, 0.05) is 36.1 Å². The van der Waals surface area contributed by atoms with E-state index in [2.05, 4.69) is 10.3 Å². The monoisotopic (exact) mass is 297 g/mol. The highest BCUT2D eigenvalue weighted by atomic mass is 35.5. The third-order valence-electron chi connectivity index (χ3n) is 2.64. The van der Waals surface area contributed by atoms with E-state index < -0.39 is 0 Å². The van der Waals surface area contributed by atoms with Crippen molar-refractivity contribution in [3.05, 3.63) is 58.9 Å². The Morgan fingerprint density at radius 1 is 1.16 bits per heavy atom. The molecule has 0 spiro atoms. The fourth-order valence-corrected chi connectivity index (χ4v) is 1.92. The molecule has 0 unspecified atom stereocenters. The summed E-state index contributed by atoms with van der Waals surface area (Å²) in [6, 6.07) is 9.60. The van der Waals surface area contributed by atoms with E-state index in [9.17, 15) is 0 Å². The summed E-state index contributed by atoms with van der Waals surface area (Å²) in [6.07, 6.45) is 3.58. The average Bonchev–Trinajstić information content (AvgIpc) is 2.40. The highest BCUT2D eigenvalue weighted by Crippen LogP contribution is 2.22. The highest BCUT2D eigenvalue weighted by molar-refractivity contribution is 6.30. The zero-order valence-electron chi connectivity index (χ0n) is 10.6. The van der Waals surface area contributed by atoms with Crippen molar-refractivity contribution >= 4 is 11.6 Å². The van der Waals surface area contributed by atoms with Crippen molar-refractivity contribution in [3.63, 3.8) is 0 Å². The van der Waals surface area contributed by atoms with E-state index in [4.69, 9.17) is 16.3 Å². The van der Waals surface area contributed by atoms with Crippen LogP contribution >= 0.6 is 11.6 Å². The SMILES string of the molecule is COc1ccc(Cl)cc1CNCc1ccncc1.[Cl-]. The Hall–Kier alpha value is -1.29. The highest BCUT2D eigenvalue weighted by Gasteiger charge is 2.03. The number of nitrogens with zero attached hydrogens (tertiary/aromatic N) is 1. The molecule has 0 aliphatic heterocycles. The second kappa shape index (κ2) is 8.00. The molecule has 0 aliphatic rings. The van der Waals surface area contributed by atoms with Crippen LogP contribution < -0.4 is 22.5 Å². The molecule has 0 atom stereocenters. The van der Waals surface area contributed by atoms with Crippen LogP contribution in [0.25, 0.3) is 0 Å². The number of hydrogen-bond donors (Lipinski definition) is 1. The van der Waals surface area contributed by atoms with Crippen molar-refractivity contribution < 1.29 is 17.1 Å². The normalized spacial score (nSPS) is 9.79.